The van der Waals surface area contributed by atoms with Crippen molar-refractivity contribution in [3.8, 4) is 5.75 Å². The first kappa shape index (κ1) is 18.8. The highest BCUT2D eigenvalue weighted by Gasteiger charge is 2.22. The molecular weight excluding hydrogens is 346 g/mol. The SMILES string of the molecule is COc1ccc(CN2CCC(NC(=O)OC(=O)c3cccnc3)CC2)cc1. The maximum Gasteiger partial charge on any atom is 0.415 e. The number of likely N-dealkylation sites (tertiary alicyclic amines) is 1. The Morgan fingerprint density at radius 2 is 1.93 bits per heavy atom. The zero-order valence-corrected chi connectivity index (χ0v) is 15.3. The van der Waals surface area contributed by atoms with E-state index in [1.165, 1.54) is 11.8 Å². The average Bonchev–Trinajstić information content (AvgIpc) is 2.70. The van der Waals surface area contributed by atoms with Crippen LogP contribution in [0, 0.1) is 0 Å². The highest BCUT2D eigenvalue weighted by molar-refractivity contribution is 5.96. The molecule has 1 aromatic heterocycles. The van der Waals surface area contributed by atoms with Gasteiger partial charge in [-0.2, -0.15) is 0 Å². The molecule has 0 spiro atoms. The second-order valence-electron chi connectivity index (χ2n) is 6.46. The maximum atomic E-state index is 11.9. The predicted octanol–water partition coefficient (Wildman–Crippen LogP) is 2.62. The standard InChI is InChI=1S/C20H23N3O4/c1-26-18-6-4-15(5-7-18)14-23-11-8-17(9-12-23)22-20(25)27-19(24)16-3-2-10-21-13-16/h2-7,10,13,17H,8-9,11-12,14H2,1H3,(H,22,25). The Hall–Kier alpha value is -2.93. The Morgan fingerprint density at radius 1 is 1.19 bits per heavy atom. The van der Waals surface area contributed by atoms with Crippen LogP contribution < -0.4 is 10.1 Å². The fourth-order valence-electron chi connectivity index (χ4n) is 3.05. The molecule has 1 aliphatic rings. The summed E-state index contributed by atoms with van der Waals surface area (Å²) < 4.78 is 10.0. The van der Waals surface area contributed by atoms with Gasteiger partial charge in [-0.25, -0.2) is 9.59 Å². The monoisotopic (exact) mass is 369 g/mol. The minimum atomic E-state index is -0.711. The number of ether oxygens (including phenoxy) is 2. The quantitative estimate of drug-likeness (QED) is 0.645. The summed E-state index contributed by atoms with van der Waals surface area (Å²) >= 11 is 0. The minimum Gasteiger partial charge on any atom is -0.497 e. The molecule has 7 nitrogen and oxygen atoms in total. The first-order chi connectivity index (χ1) is 13.1. The zero-order valence-electron chi connectivity index (χ0n) is 15.3. The third kappa shape index (κ3) is 5.52. The Kier molecular flexibility index (Phi) is 6.38. The van der Waals surface area contributed by atoms with Gasteiger partial charge in [-0.1, -0.05) is 12.1 Å². The van der Waals surface area contributed by atoms with Crippen LogP contribution in [-0.4, -0.2) is 48.2 Å². The number of alkyl carbamates (subject to hydrolysis) is 1. The molecule has 27 heavy (non-hydrogen) atoms. The molecule has 0 saturated carbocycles. The number of carbonyl (C=O) groups is 2. The highest BCUT2D eigenvalue weighted by Crippen LogP contribution is 2.16. The summed E-state index contributed by atoms with van der Waals surface area (Å²) in [6.07, 6.45) is 3.83. The first-order valence-electron chi connectivity index (χ1n) is 8.92. The summed E-state index contributed by atoms with van der Waals surface area (Å²) in [5.74, 6) is 0.151. The number of benzene rings is 1. The van der Waals surface area contributed by atoms with E-state index in [-0.39, 0.29) is 11.6 Å². The average molecular weight is 369 g/mol. The van der Waals surface area contributed by atoms with E-state index in [1.807, 2.05) is 12.1 Å². The van der Waals surface area contributed by atoms with Crippen molar-refractivity contribution >= 4 is 12.1 Å². The highest BCUT2D eigenvalue weighted by atomic mass is 16.6. The van der Waals surface area contributed by atoms with Crippen molar-refractivity contribution in [2.45, 2.75) is 25.4 Å². The molecule has 1 saturated heterocycles. The van der Waals surface area contributed by atoms with Gasteiger partial charge in [0, 0.05) is 38.1 Å². The minimum absolute atomic E-state index is 0.00585. The molecule has 2 heterocycles. The van der Waals surface area contributed by atoms with Gasteiger partial charge in [-0.05, 0) is 42.7 Å². The van der Waals surface area contributed by atoms with Gasteiger partial charge in [0.25, 0.3) is 0 Å². The van der Waals surface area contributed by atoms with Gasteiger partial charge in [0.05, 0.1) is 12.7 Å². The van der Waals surface area contributed by atoms with Gasteiger partial charge < -0.3 is 14.8 Å². The Balaban J connectivity index is 1.41. The molecule has 1 amide bonds. The van der Waals surface area contributed by atoms with Crippen molar-refractivity contribution in [1.29, 1.82) is 0 Å². The third-order valence-corrected chi connectivity index (χ3v) is 4.56. The molecule has 0 bridgehead atoms. The van der Waals surface area contributed by atoms with Gasteiger partial charge in [0.1, 0.15) is 5.75 Å². The third-order valence-electron chi connectivity index (χ3n) is 4.56. The lowest BCUT2D eigenvalue weighted by Crippen LogP contribution is -2.44. The number of carbonyl (C=O) groups excluding carboxylic acids is 2. The van der Waals surface area contributed by atoms with Crippen LogP contribution in [0.2, 0.25) is 0 Å². The summed E-state index contributed by atoms with van der Waals surface area (Å²) in [4.78, 5) is 30.0. The molecule has 0 aliphatic carbocycles. The molecule has 142 valence electrons. The molecule has 3 rings (SSSR count). The fraction of sp³-hybridized carbons (Fsp3) is 0.350. The van der Waals surface area contributed by atoms with Crippen molar-refractivity contribution in [2.75, 3.05) is 20.2 Å². The summed E-state index contributed by atoms with van der Waals surface area (Å²) in [5, 5.41) is 2.77. The van der Waals surface area contributed by atoms with Crippen LogP contribution in [0.5, 0.6) is 5.75 Å². The largest absolute Gasteiger partial charge is 0.497 e. The van der Waals surface area contributed by atoms with Crippen molar-refractivity contribution < 1.29 is 19.1 Å². The zero-order chi connectivity index (χ0) is 19.1. The van der Waals surface area contributed by atoms with Crippen molar-refractivity contribution in [1.82, 2.24) is 15.2 Å². The van der Waals surface area contributed by atoms with Gasteiger partial charge in [-0.3, -0.25) is 9.88 Å². The van der Waals surface area contributed by atoms with E-state index in [1.54, 1.807) is 25.4 Å². The number of piperidine rings is 1. The molecule has 0 unspecified atom stereocenters. The van der Waals surface area contributed by atoms with Crippen LogP contribution >= 0.6 is 0 Å². The smallest absolute Gasteiger partial charge is 0.415 e. The van der Waals surface area contributed by atoms with Gasteiger partial charge in [0.2, 0.25) is 0 Å². The number of hydrogen-bond donors (Lipinski definition) is 1. The van der Waals surface area contributed by atoms with Crippen molar-refractivity contribution in [2.24, 2.45) is 0 Å². The summed E-state index contributed by atoms with van der Waals surface area (Å²) in [6, 6.07) is 11.2. The Bertz CT molecular complexity index is 757. The predicted molar refractivity (Wildman–Crippen MR) is 99.5 cm³/mol. The summed E-state index contributed by atoms with van der Waals surface area (Å²) in [7, 11) is 1.65. The van der Waals surface area contributed by atoms with E-state index in [0.717, 1.165) is 38.2 Å². The number of nitrogens with zero attached hydrogens (tertiary/aromatic N) is 2. The van der Waals surface area contributed by atoms with Crippen LogP contribution in [0.3, 0.4) is 0 Å². The maximum absolute atomic E-state index is 11.9. The molecule has 1 N–H and O–H groups in total. The van der Waals surface area contributed by atoms with E-state index in [4.69, 9.17) is 9.47 Å². The lowest BCUT2D eigenvalue weighted by atomic mass is 10.0. The first-order valence-corrected chi connectivity index (χ1v) is 8.92. The number of aromatic nitrogens is 1. The van der Waals surface area contributed by atoms with E-state index in [0.29, 0.717) is 0 Å². The van der Waals surface area contributed by atoms with Crippen LogP contribution in [0.15, 0.2) is 48.8 Å². The Morgan fingerprint density at radius 3 is 2.56 bits per heavy atom. The van der Waals surface area contributed by atoms with Crippen molar-refractivity contribution in [3.63, 3.8) is 0 Å². The van der Waals surface area contributed by atoms with Gasteiger partial charge in [-0.15, -0.1) is 0 Å². The van der Waals surface area contributed by atoms with Crippen LogP contribution in [0.4, 0.5) is 4.79 Å². The molecule has 7 heteroatoms. The van der Waals surface area contributed by atoms with Gasteiger partial charge in [0.15, 0.2) is 0 Å². The summed E-state index contributed by atoms with van der Waals surface area (Å²) in [5.41, 5.74) is 1.48. The second kappa shape index (κ2) is 9.14. The van der Waals surface area contributed by atoms with E-state index in [2.05, 4.69) is 27.3 Å². The molecule has 1 aromatic carbocycles. The van der Waals surface area contributed by atoms with Crippen molar-refractivity contribution in [3.05, 3.63) is 59.9 Å². The van der Waals surface area contributed by atoms with Crippen LogP contribution in [0.1, 0.15) is 28.8 Å². The molecule has 0 radical (unpaired) electrons. The molecular formula is C20H23N3O4. The topological polar surface area (TPSA) is 80.8 Å². The number of nitrogens with one attached hydrogen (secondary N) is 1. The number of hydrogen-bond acceptors (Lipinski definition) is 6. The number of amides is 1. The fourth-order valence-corrected chi connectivity index (χ4v) is 3.05. The number of methoxy groups -OCH3 is 1. The normalized spacial score (nSPS) is 15.1. The Labute approximate surface area is 158 Å². The number of pyridine rings is 1. The van der Waals surface area contributed by atoms with E-state index in [9.17, 15) is 9.59 Å². The number of esters is 1. The van der Waals surface area contributed by atoms with Crippen LogP contribution in [-0.2, 0) is 11.3 Å². The molecule has 1 fully saturated rings. The second-order valence-corrected chi connectivity index (χ2v) is 6.46. The number of rotatable bonds is 5. The molecule has 0 atom stereocenters. The van der Waals surface area contributed by atoms with Crippen LogP contribution in [0.25, 0.3) is 0 Å². The summed E-state index contributed by atoms with van der Waals surface area (Å²) in [6.45, 7) is 2.60. The van der Waals surface area contributed by atoms with E-state index >= 15 is 0 Å². The lowest BCUT2D eigenvalue weighted by Gasteiger charge is -2.32. The van der Waals surface area contributed by atoms with E-state index < -0.39 is 12.1 Å². The lowest BCUT2D eigenvalue weighted by molar-refractivity contribution is 0.0609. The molecule has 1 aliphatic heterocycles. The molecule has 2 aromatic rings. The van der Waals surface area contributed by atoms with Gasteiger partial charge >= 0.3 is 12.1 Å².